The molecule has 0 radical (unpaired) electrons. The minimum absolute atomic E-state index is 0.300. The van der Waals surface area contributed by atoms with E-state index in [1.54, 1.807) is 0 Å². The average Bonchev–Trinajstić information content (AvgIpc) is 2.97. The third-order valence-electron chi connectivity index (χ3n) is 5.62. The van der Waals surface area contributed by atoms with Gasteiger partial charge in [0.15, 0.2) is 0 Å². The molecule has 0 bridgehead atoms. The van der Waals surface area contributed by atoms with Gasteiger partial charge in [0.25, 0.3) is 0 Å². The fraction of sp³-hybridized carbons (Fsp3) is 0.667. The SMILES string of the molecule is CB(O)N1CCCCC1CCN(C)C1Cc2ccccc2C1. The number of piperidine rings is 1. The van der Waals surface area contributed by atoms with E-state index in [0.717, 1.165) is 13.1 Å². The number of hydrogen-bond acceptors (Lipinski definition) is 3. The summed E-state index contributed by atoms with van der Waals surface area (Å²) in [7, 11) is 1.97. The Kier molecular flexibility index (Phi) is 5.22. The summed E-state index contributed by atoms with van der Waals surface area (Å²) in [5.41, 5.74) is 3.06. The van der Waals surface area contributed by atoms with Crippen molar-refractivity contribution in [2.24, 2.45) is 0 Å². The molecule has 3 rings (SSSR count). The zero-order valence-corrected chi connectivity index (χ0v) is 14.0. The molecule has 2 aliphatic rings. The lowest BCUT2D eigenvalue weighted by molar-refractivity contribution is 0.176. The second-order valence-electron chi connectivity index (χ2n) is 7.12. The molecule has 1 aliphatic heterocycles. The van der Waals surface area contributed by atoms with Crippen LogP contribution in [0.15, 0.2) is 24.3 Å². The maximum atomic E-state index is 9.95. The molecule has 1 aromatic rings. The standard InChI is InChI=1S/C18H29BN2O/c1-19(22)21-11-6-5-9-17(21)10-12-20(2)18-13-15-7-3-4-8-16(15)14-18/h3-4,7-8,17-18,22H,5-6,9-14H2,1-2H3. The van der Waals surface area contributed by atoms with Gasteiger partial charge >= 0.3 is 7.05 Å². The van der Waals surface area contributed by atoms with E-state index in [9.17, 15) is 5.02 Å². The Balaban J connectivity index is 1.51. The van der Waals surface area contributed by atoms with Gasteiger partial charge in [-0.25, -0.2) is 0 Å². The first-order valence-electron chi connectivity index (χ1n) is 8.86. The zero-order valence-electron chi connectivity index (χ0n) is 14.0. The first-order chi connectivity index (χ1) is 10.6. The van der Waals surface area contributed by atoms with Crippen LogP contribution in [0.25, 0.3) is 0 Å². The van der Waals surface area contributed by atoms with Crippen LogP contribution in [0.2, 0.25) is 6.82 Å². The number of nitrogens with zero attached hydrogens (tertiary/aromatic N) is 2. The molecule has 1 fully saturated rings. The van der Waals surface area contributed by atoms with Crippen LogP contribution in [0.3, 0.4) is 0 Å². The summed E-state index contributed by atoms with van der Waals surface area (Å²) in [6.07, 6.45) is 7.34. The van der Waals surface area contributed by atoms with Crippen LogP contribution in [0, 0.1) is 0 Å². The van der Waals surface area contributed by atoms with E-state index in [1.165, 1.54) is 49.7 Å². The summed E-state index contributed by atoms with van der Waals surface area (Å²) >= 11 is 0. The van der Waals surface area contributed by atoms with Crippen molar-refractivity contribution in [2.75, 3.05) is 20.1 Å². The number of fused-ring (bicyclic) bond motifs is 1. The largest absolute Gasteiger partial charge is 0.437 e. The summed E-state index contributed by atoms with van der Waals surface area (Å²) in [4.78, 5) is 4.83. The Hall–Kier alpha value is -0.835. The van der Waals surface area contributed by atoms with Crippen LogP contribution in [-0.4, -0.2) is 54.0 Å². The predicted molar refractivity (Wildman–Crippen MR) is 93.1 cm³/mol. The Morgan fingerprint density at radius 3 is 2.55 bits per heavy atom. The van der Waals surface area contributed by atoms with Crippen molar-refractivity contribution >= 4 is 7.05 Å². The second-order valence-corrected chi connectivity index (χ2v) is 7.12. The maximum absolute atomic E-state index is 9.95. The monoisotopic (exact) mass is 300 g/mol. The number of rotatable bonds is 5. The third kappa shape index (κ3) is 3.56. The highest BCUT2D eigenvalue weighted by molar-refractivity contribution is 6.45. The van der Waals surface area contributed by atoms with Crippen LogP contribution < -0.4 is 0 Å². The normalized spacial score (nSPS) is 23.0. The fourth-order valence-electron chi connectivity index (χ4n) is 4.21. The van der Waals surface area contributed by atoms with Gasteiger partial charge in [0.05, 0.1) is 0 Å². The van der Waals surface area contributed by atoms with Gasteiger partial charge in [-0.1, -0.05) is 30.7 Å². The molecular weight excluding hydrogens is 271 g/mol. The summed E-state index contributed by atoms with van der Waals surface area (Å²) in [5, 5.41) is 9.95. The Labute approximate surface area is 135 Å². The fourth-order valence-corrected chi connectivity index (χ4v) is 4.21. The molecule has 1 unspecified atom stereocenters. The van der Waals surface area contributed by atoms with E-state index in [-0.39, 0.29) is 7.05 Å². The topological polar surface area (TPSA) is 26.7 Å². The van der Waals surface area contributed by atoms with E-state index >= 15 is 0 Å². The van der Waals surface area contributed by atoms with Crippen molar-refractivity contribution in [2.45, 2.75) is 57.4 Å². The van der Waals surface area contributed by atoms with Crippen LogP contribution in [0.5, 0.6) is 0 Å². The van der Waals surface area contributed by atoms with E-state index in [2.05, 4.69) is 41.0 Å². The molecule has 1 aliphatic carbocycles. The van der Waals surface area contributed by atoms with Gasteiger partial charge in [0.1, 0.15) is 0 Å². The maximum Gasteiger partial charge on any atom is 0.376 e. The third-order valence-corrected chi connectivity index (χ3v) is 5.62. The Morgan fingerprint density at radius 1 is 1.23 bits per heavy atom. The predicted octanol–water partition coefficient (Wildman–Crippen LogP) is 2.44. The minimum Gasteiger partial charge on any atom is -0.437 e. The van der Waals surface area contributed by atoms with Crippen molar-refractivity contribution < 1.29 is 5.02 Å². The van der Waals surface area contributed by atoms with Gasteiger partial charge < -0.3 is 14.7 Å². The zero-order chi connectivity index (χ0) is 15.5. The van der Waals surface area contributed by atoms with Gasteiger partial charge in [-0.3, -0.25) is 0 Å². The van der Waals surface area contributed by atoms with E-state index in [1.807, 2.05) is 6.82 Å². The molecule has 0 spiro atoms. The summed E-state index contributed by atoms with van der Waals surface area (Å²) in [5.74, 6) is 0. The van der Waals surface area contributed by atoms with Crippen molar-refractivity contribution in [3.8, 4) is 0 Å². The average molecular weight is 300 g/mol. The first-order valence-corrected chi connectivity index (χ1v) is 8.86. The lowest BCUT2D eigenvalue weighted by Gasteiger charge is -2.38. The second kappa shape index (κ2) is 7.16. The molecule has 0 aromatic heterocycles. The van der Waals surface area contributed by atoms with Crippen molar-refractivity contribution in [3.05, 3.63) is 35.4 Å². The minimum atomic E-state index is -0.300. The van der Waals surface area contributed by atoms with Gasteiger partial charge in [-0.15, -0.1) is 0 Å². The summed E-state index contributed by atoms with van der Waals surface area (Å²) < 4.78 is 0. The van der Waals surface area contributed by atoms with Crippen LogP contribution in [-0.2, 0) is 12.8 Å². The van der Waals surface area contributed by atoms with Crippen LogP contribution in [0.1, 0.15) is 36.8 Å². The molecule has 1 heterocycles. The number of hydrogen-bond donors (Lipinski definition) is 1. The van der Waals surface area contributed by atoms with E-state index in [0.29, 0.717) is 12.1 Å². The summed E-state index contributed by atoms with van der Waals surface area (Å²) in [6.45, 7) is 4.10. The van der Waals surface area contributed by atoms with Crippen molar-refractivity contribution in [1.82, 2.24) is 9.71 Å². The van der Waals surface area contributed by atoms with Crippen LogP contribution >= 0.6 is 0 Å². The van der Waals surface area contributed by atoms with Gasteiger partial charge in [-0.2, -0.15) is 0 Å². The molecule has 0 saturated carbocycles. The molecule has 1 N–H and O–H groups in total. The highest BCUT2D eigenvalue weighted by atomic mass is 16.2. The van der Waals surface area contributed by atoms with Gasteiger partial charge in [-0.05, 0) is 70.2 Å². The highest BCUT2D eigenvalue weighted by Gasteiger charge is 2.29. The molecule has 1 atom stereocenters. The first kappa shape index (κ1) is 16.0. The van der Waals surface area contributed by atoms with E-state index < -0.39 is 0 Å². The summed E-state index contributed by atoms with van der Waals surface area (Å²) in [6, 6.07) is 10.1. The van der Waals surface area contributed by atoms with Crippen LogP contribution in [0.4, 0.5) is 0 Å². The van der Waals surface area contributed by atoms with Gasteiger partial charge in [0.2, 0.25) is 0 Å². The molecule has 1 saturated heterocycles. The van der Waals surface area contributed by atoms with E-state index in [4.69, 9.17) is 0 Å². The smallest absolute Gasteiger partial charge is 0.376 e. The van der Waals surface area contributed by atoms with Crippen molar-refractivity contribution in [3.63, 3.8) is 0 Å². The lowest BCUT2D eigenvalue weighted by Crippen LogP contribution is -2.49. The molecule has 22 heavy (non-hydrogen) atoms. The lowest BCUT2D eigenvalue weighted by atomic mass is 9.79. The molecule has 3 nitrogen and oxygen atoms in total. The Morgan fingerprint density at radius 2 is 1.91 bits per heavy atom. The molecule has 120 valence electrons. The highest BCUT2D eigenvalue weighted by Crippen LogP contribution is 2.26. The molecular formula is C18H29BN2O. The van der Waals surface area contributed by atoms with Crippen molar-refractivity contribution in [1.29, 1.82) is 0 Å². The number of likely N-dealkylation sites (N-methyl/N-ethyl adjacent to an activating group) is 1. The number of benzene rings is 1. The quantitative estimate of drug-likeness (QED) is 0.846. The van der Waals surface area contributed by atoms with Gasteiger partial charge in [0, 0.05) is 12.1 Å². The molecule has 1 aromatic carbocycles. The molecule has 4 heteroatoms. The Bertz CT molecular complexity index is 469. The molecule has 0 amide bonds.